The van der Waals surface area contributed by atoms with Crippen LogP contribution >= 0.6 is 11.6 Å². The van der Waals surface area contributed by atoms with Gasteiger partial charge >= 0.3 is 0 Å². The Morgan fingerprint density at radius 3 is 3.14 bits per heavy atom. The van der Waals surface area contributed by atoms with Gasteiger partial charge in [0, 0.05) is 16.6 Å². The molecule has 0 saturated carbocycles. The molecule has 1 aromatic heterocycles. The summed E-state index contributed by atoms with van der Waals surface area (Å²) in [6.07, 6.45) is 3.90. The first kappa shape index (κ1) is 14.3. The highest BCUT2D eigenvalue weighted by Crippen LogP contribution is 2.27. The van der Waals surface area contributed by atoms with Gasteiger partial charge < -0.3 is 10.6 Å². The molecule has 0 radical (unpaired) electrons. The van der Waals surface area contributed by atoms with E-state index < -0.39 is 0 Å². The Hall–Kier alpha value is -1.65. The molecule has 0 bridgehead atoms. The van der Waals surface area contributed by atoms with Crippen LogP contribution in [0.25, 0.3) is 10.9 Å². The van der Waals surface area contributed by atoms with Gasteiger partial charge in [-0.25, -0.2) is 0 Å². The number of piperidine rings is 1. The van der Waals surface area contributed by atoms with Crippen molar-refractivity contribution in [2.24, 2.45) is 5.92 Å². The summed E-state index contributed by atoms with van der Waals surface area (Å²) in [4.78, 5) is 16.8. The fourth-order valence-corrected chi connectivity index (χ4v) is 3.09. The quantitative estimate of drug-likeness (QED) is 0.895. The van der Waals surface area contributed by atoms with E-state index in [9.17, 15) is 4.79 Å². The molecule has 0 spiro atoms. The van der Waals surface area contributed by atoms with Gasteiger partial charge in [0.15, 0.2) is 0 Å². The smallest absolute Gasteiger partial charge is 0.241 e. The average molecular weight is 304 g/mol. The van der Waals surface area contributed by atoms with Crippen LogP contribution in [0.3, 0.4) is 0 Å². The van der Waals surface area contributed by atoms with Crippen molar-refractivity contribution < 1.29 is 4.79 Å². The normalized spacial score (nSPS) is 22.2. The van der Waals surface area contributed by atoms with Gasteiger partial charge in [-0.05, 0) is 43.5 Å². The summed E-state index contributed by atoms with van der Waals surface area (Å²) >= 11 is 6.13. The number of hydrogen-bond donors (Lipinski definition) is 2. The van der Waals surface area contributed by atoms with E-state index in [0.29, 0.717) is 16.6 Å². The van der Waals surface area contributed by atoms with Crippen molar-refractivity contribution in [1.82, 2.24) is 10.3 Å². The topological polar surface area (TPSA) is 54.0 Å². The minimum Gasteiger partial charge on any atom is -0.323 e. The van der Waals surface area contributed by atoms with Crippen molar-refractivity contribution in [2.75, 3.05) is 11.9 Å². The van der Waals surface area contributed by atoms with E-state index in [-0.39, 0.29) is 11.9 Å². The summed E-state index contributed by atoms with van der Waals surface area (Å²) < 4.78 is 0. The summed E-state index contributed by atoms with van der Waals surface area (Å²) in [6, 6.07) is 7.24. The van der Waals surface area contributed by atoms with Crippen LogP contribution < -0.4 is 10.6 Å². The SMILES string of the molecule is CC1CCCNC1C(=O)Nc1cc(Cl)cc2cccnc12. The first-order chi connectivity index (χ1) is 10.1. The first-order valence-electron chi connectivity index (χ1n) is 7.23. The Morgan fingerprint density at radius 2 is 2.33 bits per heavy atom. The number of benzene rings is 1. The van der Waals surface area contributed by atoms with Crippen molar-refractivity contribution in [3.8, 4) is 0 Å². The Morgan fingerprint density at radius 1 is 1.48 bits per heavy atom. The van der Waals surface area contributed by atoms with Gasteiger partial charge in [-0.15, -0.1) is 0 Å². The highest BCUT2D eigenvalue weighted by atomic mass is 35.5. The maximum atomic E-state index is 12.5. The fraction of sp³-hybridized carbons (Fsp3) is 0.375. The van der Waals surface area contributed by atoms with Crippen LogP contribution in [-0.2, 0) is 4.79 Å². The third-order valence-electron chi connectivity index (χ3n) is 3.98. The molecule has 4 nitrogen and oxygen atoms in total. The molecule has 1 aromatic carbocycles. The number of rotatable bonds is 2. The highest BCUT2D eigenvalue weighted by molar-refractivity contribution is 6.32. The van der Waals surface area contributed by atoms with Gasteiger partial charge in [0.2, 0.25) is 5.91 Å². The van der Waals surface area contributed by atoms with Crippen LogP contribution in [0.5, 0.6) is 0 Å². The van der Waals surface area contributed by atoms with Crippen LogP contribution in [0.15, 0.2) is 30.5 Å². The number of amides is 1. The molecule has 3 rings (SSSR count). The van der Waals surface area contributed by atoms with Gasteiger partial charge in [-0.2, -0.15) is 0 Å². The molecule has 2 heterocycles. The Bertz CT molecular complexity index is 674. The zero-order chi connectivity index (χ0) is 14.8. The molecule has 1 saturated heterocycles. The molecule has 1 amide bonds. The molecule has 2 aromatic rings. The van der Waals surface area contributed by atoms with Gasteiger partial charge in [0.1, 0.15) is 0 Å². The summed E-state index contributed by atoms with van der Waals surface area (Å²) in [7, 11) is 0. The summed E-state index contributed by atoms with van der Waals surface area (Å²) in [6.45, 7) is 2.99. The first-order valence-corrected chi connectivity index (χ1v) is 7.61. The average Bonchev–Trinajstić information content (AvgIpc) is 2.47. The molecule has 1 fully saturated rings. The number of carbonyl (C=O) groups excluding carboxylic acids is 1. The molecule has 2 N–H and O–H groups in total. The van der Waals surface area contributed by atoms with Crippen molar-refractivity contribution >= 4 is 34.1 Å². The number of nitrogens with one attached hydrogen (secondary N) is 2. The number of pyridine rings is 1. The van der Waals surface area contributed by atoms with E-state index in [0.717, 1.165) is 30.3 Å². The minimum atomic E-state index is -0.156. The predicted molar refractivity (Wildman–Crippen MR) is 85.6 cm³/mol. The Labute approximate surface area is 128 Å². The second kappa shape index (κ2) is 6.00. The third-order valence-corrected chi connectivity index (χ3v) is 4.20. The maximum Gasteiger partial charge on any atom is 0.241 e. The number of nitrogens with zero attached hydrogens (tertiary/aromatic N) is 1. The van der Waals surface area contributed by atoms with Crippen LogP contribution in [0.2, 0.25) is 5.02 Å². The predicted octanol–water partition coefficient (Wildman–Crippen LogP) is 3.21. The maximum absolute atomic E-state index is 12.5. The molecule has 21 heavy (non-hydrogen) atoms. The van der Waals surface area contributed by atoms with Gasteiger partial charge in [-0.1, -0.05) is 24.6 Å². The van der Waals surface area contributed by atoms with Crippen molar-refractivity contribution in [2.45, 2.75) is 25.8 Å². The van der Waals surface area contributed by atoms with Gasteiger partial charge in [0.05, 0.1) is 17.2 Å². The lowest BCUT2D eigenvalue weighted by Gasteiger charge is -2.29. The largest absolute Gasteiger partial charge is 0.323 e. The number of carbonyl (C=O) groups is 1. The number of anilines is 1. The number of fused-ring (bicyclic) bond motifs is 1. The second-order valence-electron chi connectivity index (χ2n) is 5.57. The third kappa shape index (κ3) is 3.01. The van der Waals surface area contributed by atoms with E-state index in [1.54, 1.807) is 12.3 Å². The summed E-state index contributed by atoms with van der Waals surface area (Å²) in [5, 5.41) is 7.78. The molecule has 110 valence electrons. The zero-order valence-corrected chi connectivity index (χ0v) is 12.7. The Balaban J connectivity index is 1.89. The van der Waals surface area contributed by atoms with Gasteiger partial charge in [-0.3, -0.25) is 9.78 Å². The lowest BCUT2D eigenvalue weighted by atomic mass is 9.92. The molecular formula is C16H18ClN3O. The fourth-order valence-electron chi connectivity index (χ4n) is 2.86. The minimum absolute atomic E-state index is 0.0172. The standard InChI is InChI=1S/C16H18ClN3O/c1-10-4-2-6-18-14(10)16(21)20-13-9-12(17)8-11-5-3-7-19-15(11)13/h3,5,7-10,14,18H,2,4,6H2,1H3,(H,20,21). The monoisotopic (exact) mass is 303 g/mol. The van der Waals surface area contributed by atoms with E-state index in [1.165, 1.54) is 0 Å². The van der Waals surface area contributed by atoms with E-state index in [4.69, 9.17) is 11.6 Å². The van der Waals surface area contributed by atoms with Crippen molar-refractivity contribution in [1.29, 1.82) is 0 Å². The molecule has 1 aliphatic rings. The second-order valence-corrected chi connectivity index (χ2v) is 6.01. The van der Waals surface area contributed by atoms with E-state index >= 15 is 0 Å². The summed E-state index contributed by atoms with van der Waals surface area (Å²) in [5.74, 6) is 0.313. The Kier molecular flexibility index (Phi) is 4.08. The van der Waals surface area contributed by atoms with Crippen LogP contribution in [0, 0.1) is 5.92 Å². The molecule has 2 atom stereocenters. The highest BCUT2D eigenvalue weighted by Gasteiger charge is 2.27. The van der Waals surface area contributed by atoms with Gasteiger partial charge in [0.25, 0.3) is 0 Å². The lowest BCUT2D eigenvalue weighted by molar-refractivity contribution is -0.119. The lowest BCUT2D eigenvalue weighted by Crippen LogP contribution is -2.48. The van der Waals surface area contributed by atoms with E-state index in [2.05, 4.69) is 22.5 Å². The summed E-state index contributed by atoms with van der Waals surface area (Å²) in [5.41, 5.74) is 1.43. The number of hydrogen-bond acceptors (Lipinski definition) is 3. The molecule has 2 unspecified atom stereocenters. The van der Waals surface area contributed by atoms with Crippen LogP contribution in [0.4, 0.5) is 5.69 Å². The number of halogens is 1. The van der Waals surface area contributed by atoms with E-state index in [1.807, 2.05) is 18.2 Å². The molecule has 1 aliphatic heterocycles. The molecule has 5 heteroatoms. The molecule has 0 aliphatic carbocycles. The zero-order valence-electron chi connectivity index (χ0n) is 11.9. The van der Waals surface area contributed by atoms with Crippen LogP contribution in [-0.4, -0.2) is 23.5 Å². The molecular weight excluding hydrogens is 286 g/mol. The van der Waals surface area contributed by atoms with Crippen LogP contribution in [0.1, 0.15) is 19.8 Å². The van der Waals surface area contributed by atoms with Crippen molar-refractivity contribution in [3.05, 3.63) is 35.5 Å². The van der Waals surface area contributed by atoms with Crippen molar-refractivity contribution in [3.63, 3.8) is 0 Å². The number of aromatic nitrogens is 1.